The molecule has 1 amide bonds. The van der Waals surface area contributed by atoms with E-state index in [9.17, 15) is 27.2 Å². The summed E-state index contributed by atoms with van der Waals surface area (Å²) in [6.45, 7) is 1.40. The van der Waals surface area contributed by atoms with Gasteiger partial charge >= 0.3 is 6.18 Å². The van der Waals surface area contributed by atoms with Gasteiger partial charge in [0.15, 0.2) is 11.6 Å². The molecule has 1 saturated heterocycles. The van der Waals surface area contributed by atoms with Gasteiger partial charge in [-0.15, -0.1) is 0 Å². The zero-order valence-corrected chi connectivity index (χ0v) is 22.3. The Morgan fingerprint density at radius 3 is 2.46 bits per heavy atom. The number of ketones is 1. The van der Waals surface area contributed by atoms with Crippen LogP contribution in [0, 0.1) is 11.7 Å². The maximum Gasteiger partial charge on any atom is 0.416 e. The van der Waals surface area contributed by atoms with Gasteiger partial charge in [-0.3, -0.25) is 9.59 Å². The molecule has 2 aliphatic rings. The fourth-order valence-electron chi connectivity index (χ4n) is 4.68. The Bertz CT molecular complexity index is 1440. The highest BCUT2D eigenvalue weighted by molar-refractivity contribution is 5.93. The van der Waals surface area contributed by atoms with Gasteiger partial charge in [-0.1, -0.05) is 6.07 Å². The van der Waals surface area contributed by atoms with Gasteiger partial charge in [-0.2, -0.15) is 13.2 Å². The van der Waals surface area contributed by atoms with Gasteiger partial charge in [-0.05, 0) is 73.8 Å². The number of pyridine rings is 1. The topological polar surface area (TPSA) is 80.8 Å². The van der Waals surface area contributed by atoms with Gasteiger partial charge in [0.1, 0.15) is 29.2 Å². The SMILES string of the molecule is CN1CCC(Oc2cc(CC(=O)Cc3ccc(Oc4ccnc(NC(=O)C5CC5)c4)c(F)c3)cc(C(F)(F)F)c2)C1. The Morgan fingerprint density at radius 1 is 1.00 bits per heavy atom. The summed E-state index contributed by atoms with van der Waals surface area (Å²) in [7, 11) is 1.91. The minimum absolute atomic E-state index is 0.00255. The molecule has 1 N–H and O–H groups in total. The summed E-state index contributed by atoms with van der Waals surface area (Å²) in [5.74, 6) is -0.684. The van der Waals surface area contributed by atoms with E-state index < -0.39 is 17.6 Å². The maximum absolute atomic E-state index is 14.8. The van der Waals surface area contributed by atoms with Crippen LogP contribution in [0.1, 0.15) is 36.0 Å². The van der Waals surface area contributed by atoms with Crippen molar-refractivity contribution in [1.29, 1.82) is 0 Å². The molecular weight excluding hydrogens is 542 g/mol. The van der Waals surface area contributed by atoms with Gasteiger partial charge in [-0.25, -0.2) is 9.37 Å². The number of likely N-dealkylation sites (N-methyl/N-ethyl adjacent to an activating group) is 1. The normalized spacial score (nSPS) is 17.3. The average molecular weight is 572 g/mol. The van der Waals surface area contributed by atoms with E-state index in [1.165, 1.54) is 36.5 Å². The van der Waals surface area contributed by atoms with Crippen molar-refractivity contribution in [3.8, 4) is 17.2 Å². The molecule has 41 heavy (non-hydrogen) atoms. The Labute approximate surface area is 234 Å². The van der Waals surface area contributed by atoms with Crippen LogP contribution in [-0.2, 0) is 28.6 Å². The zero-order chi connectivity index (χ0) is 29.1. The predicted octanol–water partition coefficient (Wildman–Crippen LogP) is 5.82. The van der Waals surface area contributed by atoms with E-state index in [1.54, 1.807) is 0 Å². The number of carbonyl (C=O) groups excluding carboxylic acids is 2. The third kappa shape index (κ3) is 7.81. The van der Waals surface area contributed by atoms with Gasteiger partial charge in [0.2, 0.25) is 5.91 Å². The largest absolute Gasteiger partial charge is 0.489 e. The number of ether oxygens (including phenoxy) is 2. The van der Waals surface area contributed by atoms with Crippen molar-refractivity contribution in [2.45, 2.75) is 44.4 Å². The summed E-state index contributed by atoms with van der Waals surface area (Å²) >= 11 is 0. The molecule has 11 heteroatoms. The lowest BCUT2D eigenvalue weighted by atomic mass is 10.0. The number of anilines is 1. The molecule has 0 radical (unpaired) electrons. The second-order valence-corrected chi connectivity index (χ2v) is 10.6. The van der Waals surface area contributed by atoms with Crippen LogP contribution >= 0.6 is 0 Å². The van der Waals surface area contributed by atoms with Crippen LogP contribution in [0.4, 0.5) is 23.4 Å². The first-order valence-corrected chi connectivity index (χ1v) is 13.3. The molecule has 1 saturated carbocycles. The number of nitrogens with one attached hydrogen (secondary N) is 1. The number of likely N-dealkylation sites (tertiary alicyclic amines) is 1. The molecule has 1 unspecified atom stereocenters. The number of aromatic nitrogens is 1. The molecule has 1 aliphatic carbocycles. The van der Waals surface area contributed by atoms with Crippen LogP contribution in [0.3, 0.4) is 0 Å². The summed E-state index contributed by atoms with van der Waals surface area (Å²) < 4.78 is 66.8. The van der Waals surface area contributed by atoms with Crippen molar-refractivity contribution in [2.75, 3.05) is 25.5 Å². The van der Waals surface area contributed by atoms with Crippen molar-refractivity contribution >= 4 is 17.5 Å². The molecule has 1 aromatic heterocycles. The third-order valence-corrected chi connectivity index (χ3v) is 6.90. The van der Waals surface area contributed by atoms with Gasteiger partial charge in [0.05, 0.1) is 5.56 Å². The first-order chi connectivity index (χ1) is 19.5. The monoisotopic (exact) mass is 571 g/mol. The van der Waals surface area contributed by atoms with Crippen molar-refractivity contribution in [1.82, 2.24) is 9.88 Å². The van der Waals surface area contributed by atoms with E-state index in [0.717, 1.165) is 37.6 Å². The highest BCUT2D eigenvalue weighted by Crippen LogP contribution is 2.34. The molecule has 0 bridgehead atoms. The number of nitrogens with zero attached hydrogens (tertiary/aromatic N) is 2. The number of benzene rings is 2. The number of carbonyl (C=O) groups is 2. The highest BCUT2D eigenvalue weighted by Gasteiger charge is 2.32. The lowest BCUT2D eigenvalue weighted by Gasteiger charge is -2.17. The minimum atomic E-state index is -4.60. The number of hydrogen-bond donors (Lipinski definition) is 1. The fraction of sp³-hybridized carbons (Fsp3) is 0.367. The van der Waals surface area contributed by atoms with E-state index in [4.69, 9.17) is 9.47 Å². The van der Waals surface area contributed by atoms with Crippen LogP contribution in [0.5, 0.6) is 17.2 Å². The second kappa shape index (κ2) is 11.9. The first kappa shape index (κ1) is 28.5. The summed E-state index contributed by atoms with van der Waals surface area (Å²) in [6.07, 6.45) is -1.45. The maximum atomic E-state index is 14.8. The summed E-state index contributed by atoms with van der Waals surface area (Å²) in [5.41, 5.74) is -0.360. The summed E-state index contributed by atoms with van der Waals surface area (Å²) in [6, 6.07) is 10.4. The number of rotatable bonds is 10. The Morgan fingerprint density at radius 2 is 1.78 bits per heavy atom. The van der Waals surface area contributed by atoms with Crippen LogP contribution in [-0.4, -0.2) is 47.8 Å². The highest BCUT2D eigenvalue weighted by atomic mass is 19.4. The van der Waals surface area contributed by atoms with E-state index in [1.807, 2.05) is 11.9 Å². The van der Waals surface area contributed by atoms with Crippen LogP contribution in [0.15, 0.2) is 54.7 Å². The molecule has 2 aromatic carbocycles. The Kier molecular flexibility index (Phi) is 8.25. The second-order valence-electron chi connectivity index (χ2n) is 10.6. The quantitative estimate of drug-likeness (QED) is 0.309. The minimum Gasteiger partial charge on any atom is -0.489 e. The predicted molar refractivity (Wildman–Crippen MR) is 142 cm³/mol. The number of amides is 1. The molecule has 1 aliphatic heterocycles. The molecule has 3 aromatic rings. The molecule has 7 nitrogen and oxygen atoms in total. The van der Waals surface area contributed by atoms with Crippen molar-refractivity contribution in [2.24, 2.45) is 5.92 Å². The Balaban J connectivity index is 1.22. The molecule has 1 atom stereocenters. The van der Waals surface area contributed by atoms with Crippen molar-refractivity contribution < 1.29 is 36.6 Å². The molecular formula is C30H29F4N3O4. The molecule has 5 rings (SSSR count). The first-order valence-electron chi connectivity index (χ1n) is 13.3. The fourth-order valence-corrected chi connectivity index (χ4v) is 4.68. The van der Waals surface area contributed by atoms with E-state index in [2.05, 4.69) is 10.3 Å². The van der Waals surface area contributed by atoms with Crippen LogP contribution in [0.25, 0.3) is 0 Å². The van der Waals surface area contributed by atoms with Crippen molar-refractivity contribution in [3.63, 3.8) is 0 Å². The summed E-state index contributed by atoms with van der Waals surface area (Å²) in [4.78, 5) is 30.8. The van der Waals surface area contributed by atoms with E-state index in [-0.39, 0.29) is 59.4 Å². The lowest BCUT2D eigenvalue weighted by Crippen LogP contribution is -2.21. The van der Waals surface area contributed by atoms with Gasteiger partial charge in [0, 0.05) is 44.1 Å². The standard InChI is InChI=1S/C30H29F4N3O4/c1-37-9-7-24(17-37)40-25-13-19(10-21(15-25)30(32,33)34)12-22(38)11-18-2-5-27(26(31)14-18)41-23-6-8-35-28(16-23)36-29(39)20-3-4-20/h2,5-6,8,10,13-16,20,24H,3-4,7,9,11-12,17H2,1H3,(H,35,36,39). The average Bonchev–Trinajstić information content (AvgIpc) is 3.67. The van der Waals surface area contributed by atoms with Crippen LogP contribution < -0.4 is 14.8 Å². The third-order valence-electron chi connectivity index (χ3n) is 6.90. The zero-order valence-electron chi connectivity index (χ0n) is 22.3. The molecule has 0 spiro atoms. The van der Waals surface area contributed by atoms with E-state index in [0.29, 0.717) is 24.3 Å². The number of halogens is 4. The van der Waals surface area contributed by atoms with Gasteiger partial charge < -0.3 is 19.7 Å². The van der Waals surface area contributed by atoms with Crippen LogP contribution in [0.2, 0.25) is 0 Å². The summed E-state index contributed by atoms with van der Waals surface area (Å²) in [5, 5.41) is 2.70. The number of Topliss-reactive ketones (excluding diaryl/α,β-unsaturated/α-hetero) is 1. The van der Waals surface area contributed by atoms with Gasteiger partial charge in [0.25, 0.3) is 0 Å². The molecule has 2 fully saturated rings. The van der Waals surface area contributed by atoms with Crippen molar-refractivity contribution in [3.05, 3.63) is 77.2 Å². The lowest BCUT2D eigenvalue weighted by molar-refractivity contribution is -0.137. The molecule has 216 valence electrons. The Hall–Kier alpha value is -3.99. The number of hydrogen-bond acceptors (Lipinski definition) is 6. The van der Waals surface area contributed by atoms with E-state index >= 15 is 0 Å². The molecule has 2 heterocycles. The number of alkyl halides is 3. The smallest absolute Gasteiger partial charge is 0.416 e.